The molecule has 0 unspecified atom stereocenters. The lowest BCUT2D eigenvalue weighted by Gasteiger charge is -2.27. The summed E-state index contributed by atoms with van der Waals surface area (Å²) in [4.78, 5) is 23.5. The normalized spacial score (nSPS) is 14.1. The number of pyridine rings is 1. The molecule has 1 aliphatic rings. The molecule has 0 saturated carbocycles. The number of hydrogen-bond donors (Lipinski definition) is 0. The van der Waals surface area contributed by atoms with E-state index in [0.717, 1.165) is 32.8 Å². The topological polar surface area (TPSA) is 90.2 Å². The molecule has 0 aliphatic carbocycles. The molecule has 2 heterocycles. The van der Waals surface area contributed by atoms with E-state index in [1.165, 1.54) is 12.1 Å². The first-order valence-electron chi connectivity index (χ1n) is 10.8. The highest BCUT2D eigenvalue weighted by Gasteiger charge is 2.18. The molecule has 33 heavy (non-hydrogen) atoms. The van der Waals surface area contributed by atoms with Gasteiger partial charge in [0.25, 0.3) is 5.69 Å². The minimum Gasteiger partial charge on any atom is -0.490 e. The summed E-state index contributed by atoms with van der Waals surface area (Å²) in [6.45, 7) is 4.74. The average molecular weight is 450 g/mol. The molecule has 1 saturated heterocycles. The molecule has 0 bridgehead atoms. The van der Waals surface area contributed by atoms with Crippen LogP contribution in [-0.2, 0) is 16.2 Å². The van der Waals surface area contributed by atoms with Crippen LogP contribution in [0.3, 0.4) is 0 Å². The molecule has 9 heteroatoms. The first-order valence-corrected chi connectivity index (χ1v) is 10.8. The van der Waals surface area contributed by atoms with Crippen molar-refractivity contribution in [1.29, 1.82) is 0 Å². The maximum atomic E-state index is 11.1. The first-order chi connectivity index (χ1) is 16.2. The highest BCUT2D eigenvalue weighted by molar-refractivity contribution is 5.64. The van der Waals surface area contributed by atoms with Crippen LogP contribution in [0.25, 0.3) is 0 Å². The van der Waals surface area contributed by atoms with Gasteiger partial charge in [0.1, 0.15) is 24.7 Å². The molecule has 0 atom stereocenters. The predicted octanol–water partition coefficient (Wildman–Crippen LogP) is 3.97. The summed E-state index contributed by atoms with van der Waals surface area (Å²) in [7, 11) is 0. The van der Waals surface area contributed by atoms with Gasteiger partial charge in [-0.1, -0.05) is 30.3 Å². The van der Waals surface area contributed by atoms with Crippen molar-refractivity contribution < 1.29 is 19.2 Å². The molecule has 9 nitrogen and oxygen atoms in total. The molecule has 0 radical (unpaired) electrons. The van der Waals surface area contributed by atoms with Crippen molar-refractivity contribution in [3.63, 3.8) is 0 Å². The number of para-hydroxylation sites is 2. The second kappa shape index (κ2) is 11.4. The molecule has 0 spiro atoms. The number of morpholine rings is 1. The van der Waals surface area contributed by atoms with E-state index in [9.17, 15) is 10.1 Å². The van der Waals surface area contributed by atoms with Crippen LogP contribution < -0.4 is 9.80 Å². The Morgan fingerprint density at radius 1 is 1.06 bits per heavy atom. The third-order valence-electron chi connectivity index (χ3n) is 5.19. The Morgan fingerprint density at radius 3 is 2.67 bits per heavy atom. The fourth-order valence-electron chi connectivity index (χ4n) is 3.49. The van der Waals surface area contributed by atoms with E-state index >= 15 is 0 Å². The Kier molecular flexibility index (Phi) is 7.81. The van der Waals surface area contributed by atoms with Crippen molar-refractivity contribution in [2.24, 2.45) is 0 Å². The van der Waals surface area contributed by atoms with Crippen molar-refractivity contribution >= 4 is 17.2 Å². The van der Waals surface area contributed by atoms with Crippen LogP contribution in [-0.4, -0.2) is 54.3 Å². The van der Waals surface area contributed by atoms with Crippen LogP contribution >= 0.6 is 0 Å². The highest BCUT2D eigenvalue weighted by atomic mass is 16.7. The van der Waals surface area contributed by atoms with Gasteiger partial charge in [-0.3, -0.25) is 19.9 Å². The lowest BCUT2D eigenvalue weighted by Crippen LogP contribution is -2.38. The summed E-state index contributed by atoms with van der Waals surface area (Å²) in [5.74, 6) is 1.24. The summed E-state index contributed by atoms with van der Waals surface area (Å²) in [5, 5.41) is 12.7. The predicted molar refractivity (Wildman–Crippen MR) is 123 cm³/mol. The van der Waals surface area contributed by atoms with Crippen LogP contribution in [0.5, 0.6) is 5.75 Å². The largest absolute Gasteiger partial charge is 0.490 e. The van der Waals surface area contributed by atoms with E-state index in [4.69, 9.17) is 14.3 Å². The number of nitro benzene ring substituents is 1. The first kappa shape index (κ1) is 22.7. The molecule has 0 N–H and O–H groups in total. The maximum Gasteiger partial charge on any atom is 0.269 e. The van der Waals surface area contributed by atoms with Crippen molar-refractivity contribution in [3.8, 4) is 5.75 Å². The quantitative estimate of drug-likeness (QED) is 0.339. The Labute approximate surface area is 192 Å². The zero-order chi connectivity index (χ0) is 22.9. The van der Waals surface area contributed by atoms with Crippen LogP contribution in [0.2, 0.25) is 0 Å². The third-order valence-corrected chi connectivity index (χ3v) is 5.19. The number of non-ortho nitro benzene ring substituents is 1. The molecule has 3 aromatic rings. The average Bonchev–Trinajstić information content (AvgIpc) is 2.86. The van der Waals surface area contributed by atoms with Crippen LogP contribution in [0.15, 0.2) is 72.9 Å². The van der Waals surface area contributed by atoms with E-state index in [1.807, 2.05) is 42.5 Å². The second-order valence-corrected chi connectivity index (χ2v) is 7.45. The summed E-state index contributed by atoms with van der Waals surface area (Å²) in [6.07, 6.45) is 1.68. The van der Waals surface area contributed by atoms with Gasteiger partial charge in [0.15, 0.2) is 5.82 Å². The smallest absolute Gasteiger partial charge is 0.269 e. The molecular weight excluding hydrogens is 424 g/mol. The van der Waals surface area contributed by atoms with Crippen molar-refractivity contribution in [1.82, 2.24) is 9.88 Å². The molecule has 4 rings (SSSR count). The number of aromatic nitrogens is 1. The SMILES string of the molecule is O=[N+]([O-])c1cccc(CON(c2ccccn2)c2ccccc2OCCN2CCOCC2)c1. The van der Waals surface area contributed by atoms with Crippen LogP contribution in [0.4, 0.5) is 17.2 Å². The zero-order valence-electron chi connectivity index (χ0n) is 18.2. The van der Waals surface area contributed by atoms with Crippen molar-refractivity contribution in [2.75, 3.05) is 44.5 Å². The van der Waals surface area contributed by atoms with E-state index < -0.39 is 4.92 Å². The van der Waals surface area contributed by atoms with Gasteiger partial charge in [0.05, 0.1) is 18.1 Å². The van der Waals surface area contributed by atoms with Gasteiger partial charge in [-0.25, -0.2) is 4.98 Å². The van der Waals surface area contributed by atoms with Gasteiger partial charge < -0.3 is 9.47 Å². The molecule has 1 fully saturated rings. The number of nitrogens with zero attached hydrogens (tertiary/aromatic N) is 4. The molecule has 1 aliphatic heterocycles. The van der Waals surface area contributed by atoms with E-state index in [1.54, 1.807) is 23.4 Å². The monoisotopic (exact) mass is 450 g/mol. The lowest BCUT2D eigenvalue weighted by molar-refractivity contribution is -0.384. The van der Waals surface area contributed by atoms with Crippen molar-refractivity contribution in [3.05, 3.63) is 88.6 Å². The van der Waals surface area contributed by atoms with Gasteiger partial charge in [-0.15, -0.1) is 0 Å². The molecule has 1 aromatic heterocycles. The lowest BCUT2D eigenvalue weighted by atomic mass is 10.2. The van der Waals surface area contributed by atoms with Crippen molar-refractivity contribution in [2.45, 2.75) is 6.61 Å². The highest BCUT2D eigenvalue weighted by Crippen LogP contribution is 2.33. The summed E-state index contributed by atoms with van der Waals surface area (Å²) in [5.41, 5.74) is 1.40. The Balaban J connectivity index is 1.51. The van der Waals surface area contributed by atoms with Gasteiger partial charge in [0, 0.05) is 38.0 Å². The zero-order valence-corrected chi connectivity index (χ0v) is 18.2. The Bertz CT molecular complexity index is 1040. The summed E-state index contributed by atoms with van der Waals surface area (Å²) < 4.78 is 11.5. The molecule has 0 amide bonds. The number of rotatable bonds is 10. The van der Waals surface area contributed by atoms with Gasteiger partial charge in [-0.05, 0) is 29.8 Å². The van der Waals surface area contributed by atoms with Crippen LogP contribution in [0, 0.1) is 10.1 Å². The fourth-order valence-corrected chi connectivity index (χ4v) is 3.49. The minimum absolute atomic E-state index is 0.0207. The Hall–Kier alpha value is -3.53. The van der Waals surface area contributed by atoms with E-state index in [-0.39, 0.29) is 12.3 Å². The number of benzene rings is 2. The maximum absolute atomic E-state index is 11.1. The van der Waals surface area contributed by atoms with E-state index in [2.05, 4.69) is 9.88 Å². The van der Waals surface area contributed by atoms with Gasteiger partial charge >= 0.3 is 0 Å². The van der Waals surface area contributed by atoms with Gasteiger partial charge in [-0.2, -0.15) is 5.06 Å². The minimum atomic E-state index is -0.419. The van der Waals surface area contributed by atoms with E-state index in [0.29, 0.717) is 29.4 Å². The molecule has 2 aromatic carbocycles. The van der Waals surface area contributed by atoms with Crippen LogP contribution in [0.1, 0.15) is 5.56 Å². The number of nitro groups is 1. The van der Waals surface area contributed by atoms with Gasteiger partial charge in [0.2, 0.25) is 0 Å². The number of anilines is 2. The standard InChI is InChI=1S/C24H26N4O5/c29-28(30)21-7-5-6-20(18-21)19-33-27(24-10-3-4-11-25-24)22-8-1-2-9-23(22)32-17-14-26-12-15-31-16-13-26/h1-11,18H,12-17,19H2. The molecule has 172 valence electrons. The fraction of sp³-hybridized carbons (Fsp3) is 0.292. The molecular formula is C24H26N4O5. The summed E-state index contributed by atoms with van der Waals surface area (Å²) >= 11 is 0. The number of hydrogen-bond acceptors (Lipinski definition) is 8. The number of ether oxygens (including phenoxy) is 2. The second-order valence-electron chi connectivity index (χ2n) is 7.45. The Morgan fingerprint density at radius 2 is 1.88 bits per heavy atom. The summed E-state index contributed by atoms with van der Waals surface area (Å²) in [6, 6.07) is 19.5. The third kappa shape index (κ3) is 6.26.